The zero-order valence-corrected chi connectivity index (χ0v) is 29.8. The van der Waals surface area contributed by atoms with Gasteiger partial charge in [0, 0.05) is 38.0 Å². The largest absolute Gasteiger partial charge is 0.454 e. The molecule has 0 atom stereocenters. The Kier molecular flexibility index (Phi) is 6.34. The maximum Gasteiger partial charge on any atom is 0.159 e. The first-order valence-corrected chi connectivity index (χ1v) is 18.8. The molecule has 9 aromatic carbocycles. The summed E-state index contributed by atoms with van der Waals surface area (Å²) in [5, 5.41) is 9.60. The number of benzene rings is 9. The second-order valence-corrected chi connectivity index (χ2v) is 14.5. The minimum absolute atomic E-state index is 0.883. The van der Waals surface area contributed by atoms with E-state index < -0.39 is 0 Å². The Hall–Kier alpha value is -7.36. The molecular formula is C52H32N2O. The van der Waals surface area contributed by atoms with Gasteiger partial charge in [0.15, 0.2) is 5.58 Å². The Balaban J connectivity index is 1.12. The van der Waals surface area contributed by atoms with Crippen molar-refractivity contribution in [3.8, 4) is 33.6 Å². The van der Waals surface area contributed by atoms with Crippen LogP contribution in [0.15, 0.2) is 199 Å². The number of hydrogen-bond donors (Lipinski definition) is 0. The van der Waals surface area contributed by atoms with E-state index in [0.29, 0.717) is 0 Å². The number of para-hydroxylation sites is 4. The molecule has 0 aliphatic carbocycles. The van der Waals surface area contributed by atoms with Crippen molar-refractivity contribution in [2.24, 2.45) is 0 Å². The van der Waals surface area contributed by atoms with E-state index in [-0.39, 0.29) is 0 Å². The lowest BCUT2D eigenvalue weighted by molar-refractivity contribution is 0.666. The van der Waals surface area contributed by atoms with Crippen molar-refractivity contribution >= 4 is 76.3 Å². The molecule has 0 saturated carbocycles. The van der Waals surface area contributed by atoms with Crippen LogP contribution in [0, 0.1) is 0 Å². The van der Waals surface area contributed by atoms with Crippen molar-refractivity contribution in [1.82, 2.24) is 9.13 Å². The predicted octanol–water partition coefficient (Wildman–Crippen LogP) is 14.3. The highest BCUT2D eigenvalue weighted by atomic mass is 16.3. The van der Waals surface area contributed by atoms with Crippen LogP contribution in [0.3, 0.4) is 0 Å². The van der Waals surface area contributed by atoms with E-state index in [2.05, 4.69) is 203 Å². The number of hydrogen-bond acceptors (Lipinski definition) is 1. The average molecular weight is 701 g/mol. The fourth-order valence-corrected chi connectivity index (χ4v) is 8.93. The van der Waals surface area contributed by atoms with Gasteiger partial charge in [0.25, 0.3) is 0 Å². The Morgan fingerprint density at radius 1 is 0.309 bits per heavy atom. The molecule has 0 unspecified atom stereocenters. The SMILES string of the molecule is c1ccc(-n2c3ccccc3c3cc(-c4ccc5c6ccccc6n(-c6cc(-c7ccc8ccccc8c7)cc7c6oc6ccccc67)c5c4)ccc32)cc1. The lowest BCUT2D eigenvalue weighted by Gasteiger charge is -2.13. The van der Waals surface area contributed by atoms with Crippen molar-refractivity contribution < 1.29 is 4.42 Å². The average Bonchev–Trinajstić information content (AvgIpc) is 3.91. The van der Waals surface area contributed by atoms with Gasteiger partial charge in [-0.1, -0.05) is 127 Å². The van der Waals surface area contributed by atoms with Gasteiger partial charge in [-0.05, 0) is 99.8 Å². The standard InChI is InChI=1S/C52H32N2O/c1-2-14-39(15-3-1)53-46-19-9-7-17-41(46)44-29-36(25-27-48(44)53)37-24-26-42-40-16-6-10-20-47(40)54(49(42)31-37)50-32-38(35-23-22-33-12-4-5-13-34(33)28-35)30-45-43-18-8-11-21-51(43)55-52(45)50/h1-32H. The van der Waals surface area contributed by atoms with Gasteiger partial charge < -0.3 is 13.6 Å². The third kappa shape index (κ3) is 4.50. The quantitative estimate of drug-likeness (QED) is 0.179. The van der Waals surface area contributed by atoms with Gasteiger partial charge >= 0.3 is 0 Å². The van der Waals surface area contributed by atoms with Crippen molar-refractivity contribution in [3.05, 3.63) is 194 Å². The van der Waals surface area contributed by atoms with Gasteiger partial charge in [-0.15, -0.1) is 0 Å². The molecule has 256 valence electrons. The normalized spacial score (nSPS) is 12.0. The minimum atomic E-state index is 0.883. The van der Waals surface area contributed by atoms with Crippen molar-refractivity contribution in [1.29, 1.82) is 0 Å². The van der Waals surface area contributed by atoms with Gasteiger partial charge in [0.05, 0.1) is 27.8 Å². The van der Waals surface area contributed by atoms with Crippen molar-refractivity contribution in [3.63, 3.8) is 0 Å². The molecule has 3 heteroatoms. The second kappa shape index (κ2) is 11.6. The molecule has 12 rings (SSSR count). The van der Waals surface area contributed by atoms with Crippen LogP contribution in [0.25, 0.3) is 110 Å². The van der Waals surface area contributed by atoms with Crippen LogP contribution in [-0.2, 0) is 0 Å². The summed E-state index contributed by atoms with van der Waals surface area (Å²) in [5.41, 5.74) is 13.3. The van der Waals surface area contributed by atoms with Gasteiger partial charge in [-0.2, -0.15) is 0 Å². The first-order valence-electron chi connectivity index (χ1n) is 18.8. The summed E-state index contributed by atoms with van der Waals surface area (Å²) >= 11 is 0. The molecular weight excluding hydrogens is 669 g/mol. The van der Waals surface area contributed by atoms with E-state index in [0.717, 1.165) is 49.9 Å². The molecule has 0 aliphatic rings. The molecule has 3 aromatic heterocycles. The molecule has 3 nitrogen and oxygen atoms in total. The van der Waals surface area contributed by atoms with Gasteiger partial charge in [0.2, 0.25) is 0 Å². The van der Waals surface area contributed by atoms with Crippen LogP contribution in [0.1, 0.15) is 0 Å². The van der Waals surface area contributed by atoms with E-state index in [1.807, 2.05) is 0 Å². The highest BCUT2D eigenvalue weighted by Gasteiger charge is 2.21. The Bertz CT molecular complexity index is 3490. The van der Waals surface area contributed by atoms with Gasteiger partial charge in [-0.3, -0.25) is 0 Å². The summed E-state index contributed by atoms with van der Waals surface area (Å²) < 4.78 is 11.6. The van der Waals surface area contributed by atoms with Crippen LogP contribution in [-0.4, -0.2) is 9.13 Å². The van der Waals surface area contributed by atoms with Gasteiger partial charge in [-0.25, -0.2) is 0 Å². The van der Waals surface area contributed by atoms with E-state index in [1.165, 1.54) is 60.0 Å². The zero-order valence-electron chi connectivity index (χ0n) is 29.8. The predicted molar refractivity (Wildman–Crippen MR) is 231 cm³/mol. The van der Waals surface area contributed by atoms with Crippen LogP contribution >= 0.6 is 0 Å². The highest BCUT2D eigenvalue weighted by Crippen LogP contribution is 2.42. The summed E-state index contributed by atoms with van der Waals surface area (Å²) in [7, 11) is 0. The molecule has 0 bridgehead atoms. The third-order valence-corrected chi connectivity index (χ3v) is 11.5. The number of furan rings is 1. The fraction of sp³-hybridized carbons (Fsp3) is 0. The first kappa shape index (κ1) is 30.1. The molecule has 0 N–H and O–H groups in total. The second-order valence-electron chi connectivity index (χ2n) is 14.5. The van der Waals surface area contributed by atoms with Crippen molar-refractivity contribution in [2.45, 2.75) is 0 Å². The maximum atomic E-state index is 6.79. The Morgan fingerprint density at radius 2 is 0.891 bits per heavy atom. The number of rotatable bonds is 4. The lowest BCUT2D eigenvalue weighted by atomic mass is 9.98. The number of aromatic nitrogens is 2. The molecule has 55 heavy (non-hydrogen) atoms. The van der Waals surface area contributed by atoms with Crippen LogP contribution in [0.4, 0.5) is 0 Å². The molecule has 0 radical (unpaired) electrons. The monoisotopic (exact) mass is 700 g/mol. The van der Waals surface area contributed by atoms with Crippen LogP contribution in [0.5, 0.6) is 0 Å². The topological polar surface area (TPSA) is 23.0 Å². The molecule has 0 amide bonds. The molecule has 0 fully saturated rings. The van der Waals surface area contributed by atoms with Gasteiger partial charge in [0.1, 0.15) is 5.58 Å². The summed E-state index contributed by atoms with van der Waals surface area (Å²) in [6.45, 7) is 0. The zero-order chi connectivity index (χ0) is 36.0. The molecule has 3 heterocycles. The molecule has 0 aliphatic heterocycles. The highest BCUT2D eigenvalue weighted by molar-refractivity contribution is 6.15. The summed E-state index contributed by atoms with van der Waals surface area (Å²) in [4.78, 5) is 0. The van der Waals surface area contributed by atoms with E-state index in [9.17, 15) is 0 Å². The molecule has 0 saturated heterocycles. The number of fused-ring (bicyclic) bond motifs is 10. The first-order chi connectivity index (χ1) is 27.3. The minimum Gasteiger partial charge on any atom is -0.454 e. The summed E-state index contributed by atoms with van der Waals surface area (Å²) in [5.74, 6) is 0. The molecule has 0 spiro atoms. The third-order valence-electron chi connectivity index (χ3n) is 11.5. The maximum absolute atomic E-state index is 6.79. The van der Waals surface area contributed by atoms with Crippen LogP contribution < -0.4 is 0 Å². The molecule has 12 aromatic rings. The Labute approximate surface area is 316 Å². The van der Waals surface area contributed by atoms with E-state index in [4.69, 9.17) is 4.42 Å². The summed E-state index contributed by atoms with van der Waals surface area (Å²) in [6.07, 6.45) is 0. The van der Waals surface area contributed by atoms with Crippen molar-refractivity contribution in [2.75, 3.05) is 0 Å². The van der Waals surface area contributed by atoms with E-state index >= 15 is 0 Å². The summed E-state index contributed by atoms with van der Waals surface area (Å²) in [6, 6.07) is 70.3. The number of nitrogens with zero attached hydrogens (tertiary/aromatic N) is 2. The van der Waals surface area contributed by atoms with E-state index in [1.54, 1.807) is 0 Å². The Morgan fingerprint density at radius 3 is 1.75 bits per heavy atom. The smallest absolute Gasteiger partial charge is 0.159 e. The fourth-order valence-electron chi connectivity index (χ4n) is 8.93. The van der Waals surface area contributed by atoms with Crippen LogP contribution in [0.2, 0.25) is 0 Å². The lowest BCUT2D eigenvalue weighted by Crippen LogP contribution is -1.96.